The monoisotopic (exact) mass is 369 g/mol. The van der Waals surface area contributed by atoms with Crippen LogP contribution in [0.4, 0.5) is 5.69 Å². The van der Waals surface area contributed by atoms with Crippen molar-refractivity contribution >= 4 is 22.3 Å². The van der Waals surface area contributed by atoms with Crippen LogP contribution in [0.5, 0.6) is 5.88 Å². The third-order valence-electron chi connectivity index (χ3n) is 4.78. The van der Waals surface area contributed by atoms with Crippen LogP contribution in [-0.4, -0.2) is 22.8 Å². The highest BCUT2D eigenvalue weighted by molar-refractivity contribution is 6.21. The zero-order valence-corrected chi connectivity index (χ0v) is 16.0. The molecule has 4 nitrogen and oxygen atoms in total. The van der Waals surface area contributed by atoms with E-state index in [0.717, 1.165) is 45.5 Å². The summed E-state index contributed by atoms with van der Waals surface area (Å²) in [5.74, 6) is 0.134. The van der Waals surface area contributed by atoms with Crippen molar-refractivity contribution in [3.05, 3.63) is 95.1 Å². The van der Waals surface area contributed by atoms with E-state index in [-0.39, 0.29) is 5.88 Å². The minimum Gasteiger partial charge on any atom is -0.494 e. The zero-order chi connectivity index (χ0) is 19.5. The molecule has 0 aliphatic carbocycles. The molecule has 0 atom stereocenters. The lowest BCUT2D eigenvalue weighted by Gasteiger charge is -2.08. The molecular weight excluding hydrogens is 346 g/mol. The van der Waals surface area contributed by atoms with Crippen molar-refractivity contribution in [1.29, 1.82) is 0 Å². The number of nitrogens with one attached hydrogen (secondary N) is 2. The topological polar surface area (TPSA) is 60.4 Å². The Labute approximate surface area is 164 Å². The van der Waals surface area contributed by atoms with Gasteiger partial charge in [-0.05, 0) is 43.3 Å². The summed E-state index contributed by atoms with van der Waals surface area (Å²) in [6.45, 7) is 2.86. The second-order valence-electron chi connectivity index (χ2n) is 6.92. The molecule has 0 unspecified atom stereocenters. The maximum atomic E-state index is 10.7. The molecule has 1 aromatic heterocycles. The molecule has 4 heteroatoms. The number of aromatic amines is 1. The van der Waals surface area contributed by atoms with Crippen LogP contribution >= 0.6 is 0 Å². The van der Waals surface area contributed by atoms with E-state index in [4.69, 9.17) is 4.99 Å². The molecule has 4 rings (SSSR count). The Morgan fingerprint density at radius 1 is 1.00 bits per heavy atom. The molecule has 140 valence electrons. The van der Waals surface area contributed by atoms with Gasteiger partial charge >= 0.3 is 0 Å². The van der Waals surface area contributed by atoms with Gasteiger partial charge in [-0.3, -0.25) is 0 Å². The first kappa shape index (κ1) is 18.0. The number of benzene rings is 3. The molecule has 28 heavy (non-hydrogen) atoms. The molecule has 3 N–H and O–H groups in total. The van der Waals surface area contributed by atoms with E-state index in [1.165, 1.54) is 5.56 Å². The summed E-state index contributed by atoms with van der Waals surface area (Å²) in [5, 5.41) is 14.8. The van der Waals surface area contributed by atoms with Gasteiger partial charge in [-0.25, -0.2) is 4.99 Å². The number of nitrogens with zero attached hydrogens (tertiary/aromatic N) is 1. The number of hydrogen-bond donors (Lipinski definition) is 3. The molecule has 3 aromatic carbocycles. The summed E-state index contributed by atoms with van der Waals surface area (Å²) in [4.78, 5) is 8.02. The van der Waals surface area contributed by atoms with Gasteiger partial charge in [0.25, 0.3) is 0 Å². The predicted octanol–water partition coefficient (Wildman–Crippen LogP) is 5.07. The van der Waals surface area contributed by atoms with Gasteiger partial charge in [0.15, 0.2) is 5.88 Å². The van der Waals surface area contributed by atoms with Gasteiger partial charge in [-0.1, -0.05) is 54.6 Å². The number of aromatic nitrogens is 1. The normalized spacial score (nSPS) is 11.9. The van der Waals surface area contributed by atoms with Gasteiger partial charge in [0, 0.05) is 23.0 Å². The first-order valence-electron chi connectivity index (χ1n) is 9.35. The minimum atomic E-state index is 0.134. The summed E-state index contributed by atoms with van der Waals surface area (Å²) >= 11 is 0. The van der Waals surface area contributed by atoms with Gasteiger partial charge in [-0.2, -0.15) is 0 Å². The average Bonchev–Trinajstić information content (AvgIpc) is 3.03. The Bertz CT molecular complexity index is 1130. The molecule has 0 aliphatic rings. The number of aryl methyl sites for hydroxylation is 1. The molecule has 0 fully saturated rings. The van der Waals surface area contributed by atoms with Gasteiger partial charge in [0.2, 0.25) is 0 Å². The third-order valence-corrected chi connectivity index (χ3v) is 4.78. The number of aromatic hydroxyl groups is 1. The lowest BCUT2D eigenvalue weighted by atomic mass is 10.00. The predicted molar refractivity (Wildman–Crippen MR) is 116 cm³/mol. The van der Waals surface area contributed by atoms with E-state index in [9.17, 15) is 5.11 Å². The molecular formula is C24H23N3O. The third kappa shape index (κ3) is 3.55. The molecule has 0 saturated carbocycles. The lowest BCUT2D eigenvalue weighted by molar-refractivity contribution is 0.457. The molecule has 0 aliphatic heterocycles. The summed E-state index contributed by atoms with van der Waals surface area (Å²) < 4.78 is 0. The van der Waals surface area contributed by atoms with Crippen molar-refractivity contribution in [2.45, 2.75) is 13.5 Å². The van der Waals surface area contributed by atoms with E-state index in [1.54, 1.807) is 0 Å². The molecule has 0 bridgehead atoms. The Balaban J connectivity index is 1.89. The van der Waals surface area contributed by atoms with Crippen LogP contribution < -0.4 is 5.32 Å². The maximum absolute atomic E-state index is 10.7. The van der Waals surface area contributed by atoms with Crippen LogP contribution in [-0.2, 0) is 6.54 Å². The van der Waals surface area contributed by atoms with E-state index in [2.05, 4.69) is 22.4 Å². The Hall–Kier alpha value is -3.37. The number of hydrogen-bond acceptors (Lipinski definition) is 3. The zero-order valence-electron chi connectivity index (χ0n) is 16.0. The molecule has 0 spiro atoms. The van der Waals surface area contributed by atoms with Crippen molar-refractivity contribution in [3.8, 4) is 5.88 Å². The van der Waals surface area contributed by atoms with Crippen LogP contribution in [0.2, 0.25) is 0 Å². The largest absolute Gasteiger partial charge is 0.494 e. The average molecular weight is 369 g/mol. The summed E-state index contributed by atoms with van der Waals surface area (Å²) in [6.07, 6.45) is 0. The van der Waals surface area contributed by atoms with Crippen LogP contribution in [0.3, 0.4) is 0 Å². The second-order valence-corrected chi connectivity index (χ2v) is 6.92. The van der Waals surface area contributed by atoms with Gasteiger partial charge < -0.3 is 15.4 Å². The van der Waals surface area contributed by atoms with Crippen LogP contribution in [0.15, 0.2) is 77.8 Å². The number of aliphatic imine (C=N–C) groups is 1. The smallest absolute Gasteiger partial charge is 0.199 e. The van der Waals surface area contributed by atoms with E-state index in [1.807, 2.05) is 74.6 Å². The van der Waals surface area contributed by atoms with Crippen LogP contribution in [0, 0.1) is 6.92 Å². The fourth-order valence-electron chi connectivity index (χ4n) is 3.42. The first-order chi connectivity index (χ1) is 13.7. The summed E-state index contributed by atoms with van der Waals surface area (Å²) in [6, 6.07) is 24.2. The van der Waals surface area contributed by atoms with E-state index >= 15 is 0 Å². The van der Waals surface area contributed by atoms with E-state index < -0.39 is 0 Å². The summed E-state index contributed by atoms with van der Waals surface area (Å²) in [5.41, 5.74) is 6.51. The van der Waals surface area contributed by atoms with Crippen molar-refractivity contribution in [2.24, 2.45) is 4.99 Å². The Morgan fingerprint density at radius 3 is 2.46 bits per heavy atom. The Morgan fingerprint density at radius 2 is 1.75 bits per heavy atom. The van der Waals surface area contributed by atoms with Crippen LogP contribution in [0.25, 0.3) is 10.9 Å². The van der Waals surface area contributed by atoms with Crippen LogP contribution in [0.1, 0.15) is 22.3 Å². The Kier molecular flexibility index (Phi) is 4.96. The first-order valence-corrected chi connectivity index (χ1v) is 9.35. The second kappa shape index (κ2) is 7.71. The molecule has 0 radical (unpaired) electrons. The van der Waals surface area contributed by atoms with E-state index in [0.29, 0.717) is 0 Å². The summed E-state index contributed by atoms with van der Waals surface area (Å²) in [7, 11) is 1.93. The molecule has 0 amide bonds. The fourth-order valence-corrected chi connectivity index (χ4v) is 3.42. The van der Waals surface area contributed by atoms with Gasteiger partial charge in [0.05, 0.1) is 17.0 Å². The maximum Gasteiger partial charge on any atom is 0.199 e. The highest BCUT2D eigenvalue weighted by Crippen LogP contribution is 2.32. The highest BCUT2D eigenvalue weighted by Gasteiger charge is 2.18. The number of fused-ring (bicyclic) bond motifs is 1. The van der Waals surface area contributed by atoms with Crippen molar-refractivity contribution in [3.63, 3.8) is 0 Å². The molecule has 0 saturated heterocycles. The number of H-pyrrole nitrogens is 1. The quantitative estimate of drug-likeness (QED) is 0.430. The highest BCUT2D eigenvalue weighted by atomic mass is 16.3. The van der Waals surface area contributed by atoms with Gasteiger partial charge in [-0.15, -0.1) is 0 Å². The van der Waals surface area contributed by atoms with Gasteiger partial charge in [0.1, 0.15) is 0 Å². The van der Waals surface area contributed by atoms with Crippen molar-refractivity contribution in [1.82, 2.24) is 10.3 Å². The molecule has 4 aromatic rings. The molecule has 1 heterocycles. The number of rotatable bonds is 5. The van der Waals surface area contributed by atoms with Crippen molar-refractivity contribution in [2.75, 3.05) is 7.05 Å². The SMILES string of the molecule is CNCc1ccc(N=C(c2ccccc2)c2c(O)[nH]c3cc(C)ccc23)cc1. The van der Waals surface area contributed by atoms with Crippen molar-refractivity contribution < 1.29 is 5.11 Å². The lowest BCUT2D eigenvalue weighted by Crippen LogP contribution is -2.04. The minimum absolute atomic E-state index is 0.134. The standard InChI is InChI=1S/C24H23N3O/c1-16-8-13-20-21(14-16)27-24(28)22(20)23(18-6-4-3-5-7-18)26-19-11-9-17(10-12-19)15-25-2/h3-14,25,27-28H,15H2,1-2H3. The fraction of sp³-hybridized carbons (Fsp3) is 0.125.